The second kappa shape index (κ2) is 11.2. The number of hydrogen-bond acceptors (Lipinski definition) is 3. The van der Waals surface area contributed by atoms with Gasteiger partial charge in [0.05, 0.1) is 5.92 Å². The summed E-state index contributed by atoms with van der Waals surface area (Å²) in [7, 11) is 0. The highest BCUT2D eigenvalue weighted by Crippen LogP contribution is 2.33. The number of unbranched alkanes of at least 4 members (excludes halogenated alkanes) is 6. The lowest BCUT2D eigenvalue weighted by Crippen LogP contribution is -2.43. The van der Waals surface area contributed by atoms with Crippen molar-refractivity contribution in [3.63, 3.8) is 0 Å². The number of carboxylic acid groups (broad SMARTS) is 2. The monoisotopic (exact) mass is 389 g/mol. The molecule has 0 aliphatic heterocycles. The van der Waals surface area contributed by atoms with E-state index < -0.39 is 23.9 Å². The Balaban J connectivity index is 1.86. The molecule has 5 heteroatoms. The van der Waals surface area contributed by atoms with E-state index in [-0.39, 0.29) is 12.0 Å². The summed E-state index contributed by atoms with van der Waals surface area (Å²) < 4.78 is 0. The first-order chi connectivity index (χ1) is 13.4. The zero-order valence-corrected chi connectivity index (χ0v) is 17.2. The van der Waals surface area contributed by atoms with Crippen molar-refractivity contribution in [2.45, 2.75) is 89.6 Å². The third-order valence-electron chi connectivity index (χ3n) is 5.81. The second-order valence-corrected chi connectivity index (χ2v) is 8.17. The molecule has 1 aliphatic carbocycles. The van der Waals surface area contributed by atoms with E-state index in [1.165, 1.54) is 44.1 Å². The highest BCUT2D eigenvalue weighted by molar-refractivity contribution is 5.77. The summed E-state index contributed by atoms with van der Waals surface area (Å²) in [5.74, 6) is -2.47. The Morgan fingerprint density at radius 3 is 2.39 bits per heavy atom. The number of nitrogens with one attached hydrogen (secondary N) is 1. The van der Waals surface area contributed by atoms with Crippen LogP contribution in [-0.2, 0) is 16.0 Å². The normalized spacial score (nSPS) is 20.5. The minimum absolute atomic E-state index is 0.221. The Morgan fingerprint density at radius 2 is 1.79 bits per heavy atom. The lowest BCUT2D eigenvalue weighted by Gasteiger charge is -2.22. The molecule has 1 aliphatic rings. The van der Waals surface area contributed by atoms with Crippen molar-refractivity contribution in [1.29, 1.82) is 0 Å². The van der Waals surface area contributed by atoms with Crippen molar-refractivity contribution < 1.29 is 19.8 Å². The molecule has 156 valence electrons. The third kappa shape index (κ3) is 6.93. The first-order valence-corrected chi connectivity index (χ1v) is 10.7. The topological polar surface area (TPSA) is 86.6 Å². The average Bonchev–Trinajstić information content (AvgIpc) is 3.45. The van der Waals surface area contributed by atoms with E-state index in [4.69, 9.17) is 5.11 Å². The van der Waals surface area contributed by atoms with Gasteiger partial charge in [-0.1, -0.05) is 76.6 Å². The van der Waals surface area contributed by atoms with Crippen molar-refractivity contribution in [3.05, 3.63) is 35.4 Å². The van der Waals surface area contributed by atoms with Crippen LogP contribution in [0.3, 0.4) is 0 Å². The molecule has 1 aromatic carbocycles. The Labute approximate surface area is 168 Å². The van der Waals surface area contributed by atoms with Crippen LogP contribution in [0, 0.1) is 5.92 Å². The first-order valence-electron chi connectivity index (χ1n) is 10.7. The van der Waals surface area contributed by atoms with E-state index >= 15 is 0 Å². The predicted molar refractivity (Wildman–Crippen MR) is 111 cm³/mol. The number of carbonyl (C=O) groups is 2. The van der Waals surface area contributed by atoms with E-state index in [0.29, 0.717) is 6.42 Å². The molecule has 0 bridgehead atoms. The molecule has 3 N–H and O–H groups in total. The largest absolute Gasteiger partial charge is 0.481 e. The van der Waals surface area contributed by atoms with Crippen molar-refractivity contribution in [3.8, 4) is 0 Å². The summed E-state index contributed by atoms with van der Waals surface area (Å²) in [6.45, 7) is 4.13. The molecule has 0 heterocycles. The van der Waals surface area contributed by atoms with Crippen molar-refractivity contribution in [2.75, 3.05) is 0 Å². The van der Waals surface area contributed by atoms with Crippen molar-refractivity contribution >= 4 is 11.9 Å². The summed E-state index contributed by atoms with van der Waals surface area (Å²) >= 11 is 0. The van der Waals surface area contributed by atoms with Crippen LogP contribution in [0.15, 0.2) is 24.3 Å². The Hall–Kier alpha value is -1.88. The minimum atomic E-state index is -0.930. The quantitative estimate of drug-likeness (QED) is 0.405. The summed E-state index contributed by atoms with van der Waals surface area (Å²) in [5, 5.41) is 21.7. The number of hydrogen-bond donors (Lipinski definition) is 3. The lowest BCUT2D eigenvalue weighted by molar-refractivity contribution is -0.141. The van der Waals surface area contributed by atoms with E-state index in [0.717, 1.165) is 18.4 Å². The van der Waals surface area contributed by atoms with Crippen molar-refractivity contribution in [1.82, 2.24) is 5.32 Å². The first kappa shape index (κ1) is 22.4. The predicted octanol–water partition coefficient (Wildman–Crippen LogP) is 4.60. The molecule has 0 amide bonds. The van der Waals surface area contributed by atoms with Crippen LogP contribution in [0.5, 0.6) is 0 Å². The fourth-order valence-electron chi connectivity index (χ4n) is 3.82. The maximum atomic E-state index is 11.7. The molecule has 5 nitrogen and oxygen atoms in total. The van der Waals surface area contributed by atoms with Gasteiger partial charge in [-0.3, -0.25) is 9.59 Å². The maximum Gasteiger partial charge on any atom is 0.321 e. The van der Waals surface area contributed by atoms with Gasteiger partial charge in [-0.2, -0.15) is 0 Å². The van der Waals surface area contributed by atoms with Crippen LogP contribution in [0.2, 0.25) is 0 Å². The van der Waals surface area contributed by atoms with Crippen LogP contribution < -0.4 is 5.32 Å². The molecular formula is C23H35NO4. The molecule has 4 unspecified atom stereocenters. The van der Waals surface area contributed by atoms with Crippen LogP contribution in [0.25, 0.3) is 0 Å². The van der Waals surface area contributed by atoms with E-state index in [1.807, 2.05) is 19.1 Å². The molecule has 0 saturated heterocycles. The number of aryl methyl sites for hydroxylation is 1. The van der Waals surface area contributed by atoms with Gasteiger partial charge in [0.15, 0.2) is 0 Å². The number of rotatable bonds is 14. The highest BCUT2D eigenvalue weighted by atomic mass is 16.4. The molecule has 0 spiro atoms. The molecule has 1 saturated carbocycles. The summed E-state index contributed by atoms with van der Waals surface area (Å²) in [5.41, 5.74) is 2.24. The second-order valence-electron chi connectivity index (χ2n) is 8.17. The summed E-state index contributed by atoms with van der Waals surface area (Å²) in [6, 6.07) is 7.18. The van der Waals surface area contributed by atoms with Gasteiger partial charge >= 0.3 is 11.9 Å². The van der Waals surface area contributed by atoms with Crippen LogP contribution in [0.4, 0.5) is 0 Å². The Bertz CT molecular complexity index is 645. The maximum absolute atomic E-state index is 11.7. The molecule has 0 aromatic heterocycles. The van der Waals surface area contributed by atoms with Gasteiger partial charge in [0.2, 0.25) is 0 Å². The van der Waals surface area contributed by atoms with Gasteiger partial charge in [-0.05, 0) is 30.4 Å². The van der Waals surface area contributed by atoms with Crippen molar-refractivity contribution in [2.24, 2.45) is 5.92 Å². The lowest BCUT2D eigenvalue weighted by atomic mass is 9.91. The zero-order chi connectivity index (χ0) is 20.5. The molecular weight excluding hydrogens is 354 g/mol. The Kier molecular flexibility index (Phi) is 8.97. The standard InChI is InChI=1S/C23H35NO4/c1-3-4-5-6-7-8-9-11-17-12-10-13-18(14-17)16(2)21(23(27)28)24-20-15-19(20)22(25)26/h10,12-14,16,19-21,24H,3-9,11,15H2,1-2H3,(H,25,26)(H,27,28). The molecule has 1 fully saturated rings. The summed E-state index contributed by atoms with van der Waals surface area (Å²) in [4.78, 5) is 22.8. The molecule has 2 rings (SSSR count). The zero-order valence-electron chi connectivity index (χ0n) is 17.2. The minimum Gasteiger partial charge on any atom is -0.481 e. The van der Waals surface area contributed by atoms with Crippen LogP contribution >= 0.6 is 0 Å². The molecule has 1 aromatic rings. The van der Waals surface area contributed by atoms with Gasteiger partial charge in [-0.25, -0.2) is 0 Å². The third-order valence-corrected chi connectivity index (χ3v) is 5.81. The summed E-state index contributed by atoms with van der Waals surface area (Å²) in [6.07, 6.45) is 10.4. The van der Waals surface area contributed by atoms with E-state index in [1.54, 1.807) is 0 Å². The van der Waals surface area contributed by atoms with Gasteiger partial charge in [0, 0.05) is 12.0 Å². The highest BCUT2D eigenvalue weighted by Gasteiger charge is 2.45. The smallest absolute Gasteiger partial charge is 0.321 e. The fraction of sp³-hybridized carbons (Fsp3) is 0.652. The molecule has 0 radical (unpaired) electrons. The Morgan fingerprint density at radius 1 is 1.11 bits per heavy atom. The van der Waals surface area contributed by atoms with Gasteiger partial charge in [0.25, 0.3) is 0 Å². The SMILES string of the molecule is CCCCCCCCCc1cccc(C(C)C(NC2CC2C(=O)O)C(=O)O)c1. The number of carboxylic acids is 2. The number of benzene rings is 1. The fourth-order valence-corrected chi connectivity index (χ4v) is 3.82. The van der Waals surface area contributed by atoms with Crippen LogP contribution in [-0.4, -0.2) is 34.2 Å². The van der Waals surface area contributed by atoms with Gasteiger partial charge in [0.1, 0.15) is 6.04 Å². The molecule has 28 heavy (non-hydrogen) atoms. The average molecular weight is 390 g/mol. The number of aliphatic carboxylic acids is 2. The molecule has 4 atom stereocenters. The van der Waals surface area contributed by atoms with Gasteiger partial charge < -0.3 is 15.5 Å². The van der Waals surface area contributed by atoms with Crippen LogP contribution in [0.1, 0.15) is 82.3 Å². The van der Waals surface area contributed by atoms with E-state index in [2.05, 4.69) is 24.4 Å². The van der Waals surface area contributed by atoms with E-state index in [9.17, 15) is 14.7 Å². The van der Waals surface area contributed by atoms with Gasteiger partial charge in [-0.15, -0.1) is 0 Å².